The molecule has 0 spiro atoms. The normalized spacial score (nSPS) is 11.9. The maximum absolute atomic E-state index is 12.2. The molecule has 1 amide bonds. The van der Waals surface area contributed by atoms with Crippen molar-refractivity contribution in [2.45, 2.75) is 23.8 Å². The molecule has 1 aromatic heterocycles. The molecule has 1 atom stereocenters. The van der Waals surface area contributed by atoms with E-state index in [9.17, 15) is 4.79 Å². The van der Waals surface area contributed by atoms with Crippen molar-refractivity contribution in [2.24, 2.45) is 0 Å². The van der Waals surface area contributed by atoms with Gasteiger partial charge in [0.05, 0.1) is 10.9 Å². The third kappa shape index (κ3) is 4.93. The van der Waals surface area contributed by atoms with Gasteiger partial charge in [-0.15, -0.1) is 5.10 Å². The van der Waals surface area contributed by atoms with Gasteiger partial charge in [-0.05, 0) is 31.0 Å². The first kappa shape index (κ1) is 17.2. The van der Waals surface area contributed by atoms with Crippen molar-refractivity contribution in [2.75, 3.05) is 6.54 Å². The summed E-state index contributed by atoms with van der Waals surface area (Å²) in [7, 11) is 0. The molecule has 0 bridgehead atoms. The average Bonchev–Trinajstić information content (AvgIpc) is 3.12. The van der Waals surface area contributed by atoms with Crippen LogP contribution in [0, 0.1) is 0 Å². The molecule has 0 saturated heterocycles. The third-order valence-corrected chi connectivity index (χ3v) is 4.66. The van der Waals surface area contributed by atoms with Crippen LogP contribution in [0.1, 0.15) is 12.5 Å². The molecular formula is C19H20N4OS. The molecule has 2 aromatic carbocycles. The van der Waals surface area contributed by atoms with Crippen LogP contribution in [0.25, 0.3) is 5.69 Å². The van der Waals surface area contributed by atoms with Crippen LogP contribution >= 0.6 is 11.8 Å². The van der Waals surface area contributed by atoms with Crippen LogP contribution in [0.15, 0.2) is 72.1 Å². The molecule has 0 aliphatic heterocycles. The Labute approximate surface area is 151 Å². The van der Waals surface area contributed by atoms with Crippen LogP contribution in [0.3, 0.4) is 0 Å². The molecule has 1 N–H and O–H groups in total. The summed E-state index contributed by atoms with van der Waals surface area (Å²) in [6.45, 7) is 2.49. The van der Waals surface area contributed by atoms with Gasteiger partial charge in [0, 0.05) is 6.54 Å². The minimum absolute atomic E-state index is 0.00278. The highest BCUT2D eigenvalue weighted by Gasteiger charge is 2.16. The number of carbonyl (C=O) groups excluding carboxylic acids is 1. The summed E-state index contributed by atoms with van der Waals surface area (Å²) < 4.78 is 1.71. The van der Waals surface area contributed by atoms with Gasteiger partial charge in [-0.1, -0.05) is 60.3 Å². The molecule has 3 aromatic rings. The van der Waals surface area contributed by atoms with Gasteiger partial charge < -0.3 is 5.32 Å². The zero-order chi connectivity index (χ0) is 17.5. The fraction of sp³-hybridized carbons (Fsp3) is 0.211. The fourth-order valence-corrected chi connectivity index (χ4v) is 3.09. The first-order chi connectivity index (χ1) is 12.2. The van der Waals surface area contributed by atoms with E-state index in [-0.39, 0.29) is 11.2 Å². The number of amides is 1. The van der Waals surface area contributed by atoms with E-state index in [4.69, 9.17) is 0 Å². The second-order valence-corrected chi connectivity index (χ2v) is 6.90. The molecule has 0 saturated carbocycles. The van der Waals surface area contributed by atoms with Gasteiger partial charge in [0.25, 0.3) is 0 Å². The summed E-state index contributed by atoms with van der Waals surface area (Å²) in [5.41, 5.74) is 2.16. The predicted octanol–water partition coefficient (Wildman–Crippen LogP) is 3.11. The van der Waals surface area contributed by atoms with Crippen LogP contribution in [0.2, 0.25) is 0 Å². The van der Waals surface area contributed by atoms with E-state index in [1.807, 2.05) is 55.5 Å². The van der Waals surface area contributed by atoms with Crippen molar-refractivity contribution in [1.82, 2.24) is 20.1 Å². The molecule has 25 heavy (non-hydrogen) atoms. The summed E-state index contributed by atoms with van der Waals surface area (Å²) in [5.74, 6) is -0.00278. The monoisotopic (exact) mass is 352 g/mol. The molecule has 1 unspecified atom stereocenters. The van der Waals surface area contributed by atoms with E-state index < -0.39 is 0 Å². The maximum Gasteiger partial charge on any atom is 0.233 e. The van der Waals surface area contributed by atoms with Crippen LogP contribution in [-0.4, -0.2) is 32.5 Å². The first-order valence-electron chi connectivity index (χ1n) is 8.18. The lowest BCUT2D eigenvalue weighted by atomic mass is 10.1. The SMILES string of the molecule is CC(Sc1ncn(-c2ccccc2)n1)C(=O)NCCc1ccccc1. The van der Waals surface area contributed by atoms with Gasteiger partial charge in [0.1, 0.15) is 6.33 Å². The number of nitrogens with one attached hydrogen (secondary N) is 1. The third-order valence-electron chi connectivity index (χ3n) is 3.70. The van der Waals surface area contributed by atoms with E-state index >= 15 is 0 Å². The molecule has 3 rings (SSSR count). The van der Waals surface area contributed by atoms with E-state index in [0.29, 0.717) is 11.7 Å². The highest BCUT2D eigenvalue weighted by atomic mass is 32.2. The second kappa shape index (κ2) is 8.48. The van der Waals surface area contributed by atoms with Gasteiger partial charge in [-0.3, -0.25) is 4.79 Å². The summed E-state index contributed by atoms with van der Waals surface area (Å²) in [5, 5.41) is 7.73. The quantitative estimate of drug-likeness (QED) is 0.664. The lowest BCUT2D eigenvalue weighted by Crippen LogP contribution is -2.32. The van der Waals surface area contributed by atoms with Gasteiger partial charge in [-0.25, -0.2) is 9.67 Å². The highest BCUT2D eigenvalue weighted by molar-refractivity contribution is 8.00. The molecule has 5 nitrogen and oxygen atoms in total. The molecular weight excluding hydrogens is 332 g/mol. The zero-order valence-corrected chi connectivity index (χ0v) is 14.8. The Kier molecular flexibility index (Phi) is 5.85. The van der Waals surface area contributed by atoms with E-state index in [2.05, 4.69) is 27.5 Å². The highest BCUT2D eigenvalue weighted by Crippen LogP contribution is 2.19. The maximum atomic E-state index is 12.2. The number of benzene rings is 2. The number of thioether (sulfide) groups is 1. The van der Waals surface area contributed by atoms with Gasteiger partial charge in [0.2, 0.25) is 11.1 Å². The zero-order valence-electron chi connectivity index (χ0n) is 14.0. The summed E-state index contributed by atoms with van der Waals surface area (Å²) >= 11 is 1.36. The number of hydrogen-bond donors (Lipinski definition) is 1. The van der Waals surface area contributed by atoms with Gasteiger partial charge in [-0.2, -0.15) is 0 Å². The summed E-state index contributed by atoms with van der Waals surface area (Å²) in [6.07, 6.45) is 2.49. The molecule has 6 heteroatoms. The number of para-hydroxylation sites is 1. The summed E-state index contributed by atoms with van der Waals surface area (Å²) in [4.78, 5) is 16.5. The fourth-order valence-electron chi connectivity index (χ4n) is 2.34. The molecule has 0 fully saturated rings. The number of aromatic nitrogens is 3. The molecule has 0 aliphatic rings. The number of hydrogen-bond acceptors (Lipinski definition) is 4. The van der Waals surface area contributed by atoms with Crippen LogP contribution in [0.4, 0.5) is 0 Å². The van der Waals surface area contributed by atoms with Crippen LogP contribution in [0.5, 0.6) is 0 Å². The summed E-state index contributed by atoms with van der Waals surface area (Å²) in [6, 6.07) is 19.9. The molecule has 0 aliphatic carbocycles. The van der Waals surface area contributed by atoms with Crippen LogP contribution in [-0.2, 0) is 11.2 Å². The van der Waals surface area contributed by atoms with Crippen molar-refractivity contribution in [3.63, 3.8) is 0 Å². The Morgan fingerprint density at radius 1 is 1.12 bits per heavy atom. The van der Waals surface area contributed by atoms with E-state index in [0.717, 1.165) is 12.1 Å². The largest absolute Gasteiger partial charge is 0.355 e. The Balaban J connectivity index is 1.49. The predicted molar refractivity (Wildman–Crippen MR) is 99.8 cm³/mol. The second-order valence-electron chi connectivity index (χ2n) is 5.59. The van der Waals surface area contributed by atoms with Crippen molar-refractivity contribution < 1.29 is 4.79 Å². The number of rotatable bonds is 7. The lowest BCUT2D eigenvalue weighted by molar-refractivity contribution is -0.120. The molecule has 1 heterocycles. The number of nitrogens with zero attached hydrogens (tertiary/aromatic N) is 3. The Morgan fingerprint density at radius 2 is 1.80 bits per heavy atom. The molecule has 0 radical (unpaired) electrons. The van der Waals surface area contributed by atoms with Crippen molar-refractivity contribution >= 4 is 17.7 Å². The van der Waals surface area contributed by atoms with E-state index in [1.54, 1.807) is 11.0 Å². The van der Waals surface area contributed by atoms with Crippen LogP contribution < -0.4 is 5.32 Å². The minimum Gasteiger partial charge on any atom is -0.355 e. The lowest BCUT2D eigenvalue weighted by Gasteiger charge is -2.10. The Hall–Kier alpha value is -2.60. The van der Waals surface area contributed by atoms with Gasteiger partial charge in [0.15, 0.2) is 0 Å². The average molecular weight is 352 g/mol. The Bertz CT molecular complexity index is 805. The minimum atomic E-state index is -0.248. The standard InChI is InChI=1S/C19H20N4OS/c1-15(18(24)20-13-12-16-8-4-2-5-9-16)25-19-21-14-23(22-19)17-10-6-3-7-11-17/h2-11,14-15H,12-13H2,1H3,(H,20,24). The topological polar surface area (TPSA) is 59.8 Å². The number of carbonyl (C=O) groups is 1. The first-order valence-corrected chi connectivity index (χ1v) is 9.06. The van der Waals surface area contributed by atoms with Crippen molar-refractivity contribution in [1.29, 1.82) is 0 Å². The smallest absolute Gasteiger partial charge is 0.233 e. The molecule has 128 valence electrons. The van der Waals surface area contributed by atoms with Crippen molar-refractivity contribution in [3.8, 4) is 5.69 Å². The van der Waals surface area contributed by atoms with Gasteiger partial charge >= 0.3 is 0 Å². The Morgan fingerprint density at radius 3 is 2.52 bits per heavy atom. The van der Waals surface area contributed by atoms with E-state index in [1.165, 1.54) is 17.3 Å². The van der Waals surface area contributed by atoms with Crippen molar-refractivity contribution in [3.05, 3.63) is 72.6 Å².